The molecular weight excluding hydrogens is 244 g/mol. The molecular formula is C14H16N2OS. The number of fused-ring (bicyclic) bond motifs is 1. The van der Waals surface area contributed by atoms with E-state index in [1.807, 2.05) is 12.1 Å². The second kappa shape index (κ2) is 4.98. The van der Waals surface area contributed by atoms with Crippen molar-refractivity contribution in [1.29, 1.82) is 0 Å². The molecule has 0 unspecified atom stereocenters. The zero-order valence-corrected chi connectivity index (χ0v) is 11.2. The summed E-state index contributed by atoms with van der Waals surface area (Å²) >= 11 is 1.81. The van der Waals surface area contributed by atoms with E-state index in [4.69, 9.17) is 4.74 Å². The molecule has 1 aromatic carbocycles. The van der Waals surface area contributed by atoms with Crippen LogP contribution in [-0.2, 0) is 12.8 Å². The third-order valence-electron chi connectivity index (χ3n) is 2.96. The number of aromatic nitrogens is 1. The van der Waals surface area contributed by atoms with E-state index in [1.165, 1.54) is 15.4 Å². The molecule has 0 bridgehead atoms. The molecule has 1 aromatic heterocycles. The molecule has 94 valence electrons. The summed E-state index contributed by atoms with van der Waals surface area (Å²) in [5, 5.41) is 4.46. The molecule has 3 rings (SSSR count). The predicted octanol–water partition coefficient (Wildman–Crippen LogP) is 3.04. The van der Waals surface area contributed by atoms with Crippen molar-refractivity contribution < 1.29 is 4.74 Å². The summed E-state index contributed by atoms with van der Waals surface area (Å²) in [6, 6.07) is 8.15. The smallest absolute Gasteiger partial charge is 0.140 e. The van der Waals surface area contributed by atoms with Crippen LogP contribution < -0.4 is 10.1 Å². The van der Waals surface area contributed by atoms with Crippen molar-refractivity contribution in [2.24, 2.45) is 0 Å². The summed E-state index contributed by atoms with van der Waals surface area (Å²) in [5.74, 6) is 2.03. The molecule has 2 heterocycles. The van der Waals surface area contributed by atoms with Crippen molar-refractivity contribution in [2.75, 3.05) is 18.5 Å². The molecule has 1 aliphatic heterocycles. The van der Waals surface area contributed by atoms with Gasteiger partial charge >= 0.3 is 0 Å². The average molecular weight is 260 g/mol. The normalized spacial score (nSPS) is 13.2. The van der Waals surface area contributed by atoms with Crippen LogP contribution in [0.5, 0.6) is 5.75 Å². The van der Waals surface area contributed by atoms with Crippen molar-refractivity contribution in [2.45, 2.75) is 19.8 Å². The number of aryl methyl sites for hydroxylation is 1. The molecule has 0 aliphatic carbocycles. The average Bonchev–Trinajstić information content (AvgIpc) is 2.89. The summed E-state index contributed by atoms with van der Waals surface area (Å²) in [7, 11) is 0. The highest BCUT2D eigenvalue weighted by molar-refractivity contribution is 7.12. The molecule has 18 heavy (non-hydrogen) atoms. The third kappa shape index (κ3) is 2.48. The fraction of sp³-hybridized carbons (Fsp3) is 0.357. The Hall–Kier alpha value is -1.55. The Morgan fingerprint density at radius 1 is 1.44 bits per heavy atom. The Kier molecular flexibility index (Phi) is 3.19. The van der Waals surface area contributed by atoms with Gasteiger partial charge < -0.3 is 10.1 Å². The van der Waals surface area contributed by atoms with Gasteiger partial charge in [-0.05, 0) is 24.6 Å². The molecule has 0 fully saturated rings. The molecule has 1 N–H and O–H groups in total. The molecule has 1 aliphatic rings. The van der Waals surface area contributed by atoms with Crippen molar-refractivity contribution in [3.63, 3.8) is 0 Å². The van der Waals surface area contributed by atoms with Gasteiger partial charge in [0.2, 0.25) is 0 Å². The van der Waals surface area contributed by atoms with Crippen LogP contribution in [0.25, 0.3) is 0 Å². The zero-order chi connectivity index (χ0) is 12.4. The minimum absolute atomic E-state index is 0.690. The van der Waals surface area contributed by atoms with Gasteiger partial charge in [0.1, 0.15) is 11.6 Å². The number of anilines is 1. The number of nitrogens with zero attached hydrogens (tertiary/aromatic N) is 1. The van der Waals surface area contributed by atoms with Crippen molar-refractivity contribution in [3.8, 4) is 5.75 Å². The van der Waals surface area contributed by atoms with E-state index < -0.39 is 0 Å². The summed E-state index contributed by atoms with van der Waals surface area (Å²) < 4.78 is 5.74. The van der Waals surface area contributed by atoms with Crippen molar-refractivity contribution in [1.82, 2.24) is 4.98 Å². The van der Waals surface area contributed by atoms with E-state index in [1.54, 1.807) is 11.3 Å². The third-order valence-corrected chi connectivity index (χ3v) is 4.14. The SMILES string of the molecule is Cc1cccc(OCCc2nc3c(s2)CCN3)c1. The van der Waals surface area contributed by atoms with E-state index in [0.29, 0.717) is 6.61 Å². The fourth-order valence-electron chi connectivity index (χ4n) is 2.07. The number of benzene rings is 1. The zero-order valence-electron chi connectivity index (χ0n) is 10.4. The Bertz CT molecular complexity index is 529. The molecule has 0 spiro atoms. The van der Waals surface area contributed by atoms with Gasteiger partial charge in [-0.15, -0.1) is 11.3 Å². The van der Waals surface area contributed by atoms with E-state index >= 15 is 0 Å². The lowest BCUT2D eigenvalue weighted by molar-refractivity contribution is 0.321. The van der Waals surface area contributed by atoms with E-state index in [9.17, 15) is 0 Å². The summed E-state index contributed by atoms with van der Waals surface area (Å²) in [4.78, 5) is 5.96. The van der Waals surface area contributed by atoms with Gasteiger partial charge in [-0.2, -0.15) is 0 Å². The first kappa shape index (κ1) is 11.5. The van der Waals surface area contributed by atoms with Crippen LogP contribution >= 0.6 is 11.3 Å². The van der Waals surface area contributed by atoms with Gasteiger partial charge in [0.15, 0.2) is 0 Å². The van der Waals surface area contributed by atoms with Crippen LogP contribution in [0.3, 0.4) is 0 Å². The topological polar surface area (TPSA) is 34.1 Å². The first-order chi connectivity index (χ1) is 8.81. The number of ether oxygens (including phenoxy) is 1. The van der Waals surface area contributed by atoms with E-state index in [0.717, 1.165) is 31.0 Å². The summed E-state index contributed by atoms with van der Waals surface area (Å²) in [6.45, 7) is 3.80. The Morgan fingerprint density at radius 3 is 3.22 bits per heavy atom. The quantitative estimate of drug-likeness (QED) is 0.917. The Morgan fingerprint density at radius 2 is 2.39 bits per heavy atom. The molecule has 0 amide bonds. The van der Waals surface area contributed by atoms with Crippen LogP contribution in [0, 0.1) is 6.92 Å². The lowest BCUT2D eigenvalue weighted by atomic mass is 10.2. The molecule has 4 heteroatoms. The highest BCUT2D eigenvalue weighted by Crippen LogP contribution is 2.28. The lowest BCUT2D eigenvalue weighted by Gasteiger charge is -2.05. The highest BCUT2D eigenvalue weighted by atomic mass is 32.1. The molecule has 2 aromatic rings. The van der Waals surface area contributed by atoms with Crippen LogP contribution in [0.1, 0.15) is 15.4 Å². The first-order valence-electron chi connectivity index (χ1n) is 6.23. The van der Waals surface area contributed by atoms with Gasteiger partial charge in [-0.25, -0.2) is 4.98 Å². The van der Waals surface area contributed by atoms with Crippen LogP contribution in [0.2, 0.25) is 0 Å². The first-order valence-corrected chi connectivity index (χ1v) is 7.05. The summed E-state index contributed by atoms with van der Waals surface area (Å²) in [6.07, 6.45) is 2.00. The van der Waals surface area contributed by atoms with Gasteiger partial charge in [0.05, 0.1) is 16.5 Å². The minimum atomic E-state index is 0.690. The lowest BCUT2D eigenvalue weighted by Crippen LogP contribution is -2.02. The van der Waals surface area contributed by atoms with Crippen LogP contribution in [-0.4, -0.2) is 18.1 Å². The number of hydrogen-bond acceptors (Lipinski definition) is 4. The second-order valence-corrected chi connectivity index (χ2v) is 5.64. The Balaban J connectivity index is 1.55. The highest BCUT2D eigenvalue weighted by Gasteiger charge is 2.15. The number of thiazole rings is 1. The van der Waals surface area contributed by atoms with Crippen molar-refractivity contribution >= 4 is 17.2 Å². The van der Waals surface area contributed by atoms with Gasteiger partial charge in [-0.1, -0.05) is 12.1 Å². The maximum absolute atomic E-state index is 5.74. The van der Waals surface area contributed by atoms with Crippen LogP contribution in [0.15, 0.2) is 24.3 Å². The fourth-order valence-corrected chi connectivity index (χ4v) is 3.10. The largest absolute Gasteiger partial charge is 0.493 e. The monoisotopic (exact) mass is 260 g/mol. The molecule has 0 saturated heterocycles. The van der Waals surface area contributed by atoms with E-state index in [2.05, 4.69) is 29.4 Å². The minimum Gasteiger partial charge on any atom is -0.493 e. The maximum atomic E-state index is 5.74. The van der Waals surface area contributed by atoms with Crippen molar-refractivity contribution in [3.05, 3.63) is 39.7 Å². The second-order valence-electron chi connectivity index (χ2n) is 4.47. The van der Waals surface area contributed by atoms with Gasteiger partial charge in [-0.3, -0.25) is 0 Å². The van der Waals surface area contributed by atoms with Crippen LogP contribution in [0.4, 0.5) is 5.82 Å². The maximum Gasteiger partial charge on any atom is 0.140 e. The number of nitrogens with one attached hydrogen (secondary N) is 1. The van der Waals surface area contributed by atoms with Gasteiger partial charge in [0, 0.05) is 19.4 Å². The molecule has 0 atom stereocenters. The predicted molar refractivity (Wildman–Crippen MR) is 74.7 cm³/mol. The van der Waals surface area contributed by atoms with Gasteiger partial charge in [0.25, 0.3) is 0 Å². The molecule has 0 radical (unpaired) electrons. The molecule has 0 saturated carbocycles. The number of rotatable bonds is 4. The summed E-state index contributed by atoms with van der Waals surface area (Å²) in [5.41, 5.74) is 1.23. The van der Waals surface area contributed by atoms with E-state index in [-0.39, 0.29) is 0 Å². The molecule has 3 nitrogen and oxygen atoms in total. The standard InChI is InChI=1S/C14H16N2OS/c1-10-3-2-4-11(9-10)17-8-6-13-16-14-12(18-13)5-7-15-14/h2-4,9,15H,5-8H2,1H3. The Labute approximate surface area is 111 Å². The number of hydrogen-bond donors (Lipinski definition) is 1.